The molecule has 0 saturated carbocycles. The number of piperazine rings is 1. The van der Waals surface area contributed by atoms with Gasteiger partial charge in [0.15, 0.2) is 0 Å². The highest BCUT2D eigenvalue weighted by molar-refractivity contribution is 5.86. The van der Waals surface area contributed by atoms with E-state index in [1.165, 1.54) is 0 Å². The van der Waals surface area contributed by atoms with E-state index in [2.05, 4.69) is 12.2 Å². The first kappa shape index (κ1) is 13.3. The highest BCUT2D eigenvalue weighted by Crippen LogP contribution is 2.24. The minimum Gasteiger partial charge on any atom is -0.481 e. The zero-order chi connectivity index (χ0) is 13.1. The molecular weight excluding hydrogens is 236 g/mol. The number of nitrogens with zero attached hydrogens (tertiary/aromatic N) is 1. The molecule has 18 heavy (non-hydrogen) atoms. The van der Waals surface area contributed by atoms with Crippen LogP contribution in [0, 0.1) is 5.92 Å². The Morgan fingerprint density at radius 2 is 2.44 bits per heavy atom. The van der Waals surface area contributed by atoms with E-state index in [4.69, 9.17) is 9.84 Å². The minimum absolute atomic E-state index is 0.135. The number of nitrogens with one attached hydrogen (secondary N) is 1. The van der Waals surface area contributed by atoms with Gasteiger partial charge in [-0.1, -0.05) is 0 Å². The van der Waals surface area contributed by atoms with Gasteiger partial charge < -0.3 is 15.2 Å². The fraction of sp³-hybridized carbons (Fsp3) is 0.833. The van der Waals surface area contributed by atoms with Crippen LogP contribution in [0.15, 0.2) is 0 Å². The van der Waals surface area contributed by atoms with E-state index in [1.54, 1.807) is 0 Å². The molecular formula is C12H20N2O4. The SMILES string of the molecule is CC(C1CCOC1)N1CCNC(=O)C1CC(=O)O. The van der Waals surface area contributed by atoms with Gasteiger partial charge >= 0.3 is 5.97 Å². The molecule has 0 aromatic rings. The van der Waals surface area contributed by atoms with Gasteiger partial charge in [0.1, 0.15) is 0 Å². The van der Waals surface area contributed by atoms with Crippen LogP contribution in [0.25, 0.3) is 0 Å². The van der Waals surface area contributed by atoms with Crippen molar-refractivity contribution in [3.8, 4) is 0 Å². The van der Waals surface area contributed by atoms with Crippen molar-refractivity contribution in [3.63, 3.8) is 0 Å². The molecule has 2 aliphatic heterocycles. The third-order valence-electron chi connectivity index (χ3n) is 3.91. The fourth-order valence-electron chi connectivity index (χ4n) is 2.80. The minimum atomic E-state index is -0.933. The van der Waals surface area contributed by atoms with E-state index in [9.17, 15) is 9.59 Å². The summed E-state index contributed by atoms with van der Waals surface area (Å²) in [6.07, 6.45) is 0.850. The lowest BCUT2D eigenvalue weighted by molar-refractivity contribution is -0.144. The number of aliphatic carboxylic acids is 1. The standard InChI is InChI=1S/C12H20N2O4/c1-8(9-2-5-18-7-9)14-4-3-13-12(17)10(14)6-11(15)16/h8-10H,2-7H2,1H3,(H,13,17)(H,15,16). The number of carbonyl (C=O) groups excluding carboxylic acids is 1. The Balaban J connectivity index is 2.06. The van der Waals surface area contributed by atoms with Gasteiger partial charge in [-0.2, -0.15) is 0 Å². The van der Waals surface area contributed by atoms with E-state index in [0.29, 0.717) is 25.6 Å². The van der Waals surface area contributed by atoms with Gasteiger partial charge in [0.2, 0.25) is 5.91 Å². The molecule has 0 spiro atoms. The molecule has 2 saturated heterocycles. The Morgan fingerprint density at radius 1 is 1.67 bits per heavy atom. The average molecular weight is 256 g/mol. The first-order chi connectivity index (χ1) is 8.59. The lowest BCUT2D eigenvalue weighted by atomic mass is 9.95. The summed E-state index contributed by atoms with van der Waals surface area (Å²) >= 11 is 0. The summed E-state index contributed by atoms with van der Waals surface area (Å²) in [5, 5.41) is 11.7. The molecule has 1 amide bonds. The summed E-state index contributed by atoms with van der Waals surface area (Å²) in [5.74, 6) is -0.710. The quantitative estimate of drug-likeness (QED) is 0.721. The van der Waals surface area contributed by atoms with Crippen molar-refractivity contribution in [3.05, 3.63) is 0 Å². The van der Waals surface area contributed by atoms with Crippen molar-refractivity contribution in [2.24, 2.45) is 5.92 Å². The summed E-state index contributed by atoms with van der Waals surface area (Å²) in [5.41, 5.74) is 0. The van der Waals surface area contributed by atoms with Gasteiger partial charge in [-0.15, -0.1) is 0 Å². The third kappa shape index (κ3) is 2.81. The number of carboxylic acid groups (broad SMARTS) is 1. The molecule has 6 nitrogen and oxygen atoms in total. The van der Waals surface area contributed by atoms with Gasteiger partial charge in [0, 0.05) is 25.7 Å². The number of ether oxygens (including phenoxy) is 1. The first-order valence-corrected chi connectivity index (χ1v) is 6.42. The fourth-order valence-corrected chi connectivity index (χ4v) is 2.80. The Labute approximate surface area is 106 Å². The number of amides is 1. The van der Waals surface area contributed by atoms with Crippen LogP contribution in [0.3, 0.4) is 0 Å². The zero-order valence-corrected chi connectivity index (χ0v) is 10.6. The number of carbonyl (C=O) groups is 2. The van der Waals surface area contributed by atoms with E-state index in [0.717, 1.165) is 13.0 Å². The maximum atomic E-state index is 11.8. The van der Waals surface area contributed by atoms with Gasteiger partial charge in [0.05, 0.1) is 19.1 Å². The number of hydrogen-bond donors (Lipinski definition) is 2. The van der Waals surface area contributed by atoms with Crippen molar-refractivity contribution in [1.82, 2.24) is 10.2 Å². The van der Waals surface area contributed by atoms with Crippen molar-refractivity contribution >= 4 is 11.9 Å². The second-order valence-electron chi connectivity index (χ2n) is 5.01. The van der Waals surface area contributed by atoms with Crippen LogP contribution in [0.2, 0.25) is 0 Å². The highest BCUT2D eigenvalue weighted by atomic mass is 16.5. The van der Waals surface area contributed by atoms with Gasteiger partial charge in [-0.25, -0.2) is 0 Å². The molecule has 0 aromatic heterocycles. The summed E-state index contributed by atoms with van der Waals surface area (Å²) in [6.45, 7) is 4.83. The van der Waals surface area contributed by atoms with Crippen LogP contribution < -0.4 is 5.32 Å². The molecule has 0 aromatic carbocycles. The second kappa shape index (κ2) is 5.67. The van der Waals surface area contributed by atoms with Gasteiger partial charge in [-0.05, 0) is 19.3 Å². The molecule has 6 heteroatoms. The largest absolute Gasteiger partial charge is 0.481 e. The van der Waals surface area contributed by atoms with Crippen LogP contribution in [-0.4, -0.2) is 60.3 Å². The van der Waals surface area contributed by atoms with Crippen LogP contribution in [0.5, 0.6) is 0 Å². The van der Waals surface area contributed by atoms with Crippen LogP contribution in [0.1, 0.15) is 19.8 Å². The molecule has 102 valence electrons. The lowest BCUT2D eigenvalue weighted by Crippen LogP contribution is -2.59. The average Bonchev–Trinajstić information content (AvgIpc) is 2.84. The molecule has 3 unspecified atom stereocenters. The number of hydrogen-bond acceptors (Lipinski definition) is 4. The second-order valence-corrected chi connectivity index (χ2v) is 5.01. The topological polar surface area (TPSA) is 78.9 Å². The number of carboxylic acids is 1. The molecule has 0 aliphatic carbocycles. The molecule has 3 atom stereocenters. The molecule has 2 rings (SSSR count). The lowest BCUT2D eigenvalue weighted by Gasteiger charge is -2.40. The summed E-state index contributed by atoms with van der Waals surface area (Å²) in [7, 11) is 0. The Morgan fingerprint density at radius 3 is 3.06 bits per heavy atom. The van der Waals surface area contributed by atoms with Crippen LogP contribution in [-0.2, 0) is 14.3 Å². The Kier molecular flexibility index (Phi) is 4.19. The normalized spacial score (nSPS) is 31.1. The maximum absolute atomic E-state index is 11.8. The van der Waals surface area contributed by atoms with Crippen molar-refractivity contribution < 1.29 is 19.4 Å². The molecule has 2 aliphatic rings. The molecule has 2 heterocycles. The summed E-state index contributed by atoms with van der Waals surface area (Å²) in [4.78, 5) is 24.7. The van der Waals surface area contributed by atoms with E-state index in [-0.39, 0.29) is 18.4 Å². The number of rotatable bonds is 4. The van der Waals surface area contributed by atoms with Crippen LogP contribution in [0.4, 0.5) is 0 Å². The van der Waals surface area contributed by atoms with E-state index < -0.39 is 12.0 Å². The van der Waals surface area contributed by atoms with Crippen molar-refractivity contribution in [2.75, 3.05) is 26.3 Å². The molecule has 2 N–H and O–H groups in total. The maximum Gasteiger partial charge on any atom is 0.305 e. The van der Waals surface area contributed by atoms with Gasteiger partial charge in [0.25, 0.3) is 0 Å². The monoisotopic (exact) mass is 256 g/mol. The smallest absolute Gasteiger partial charge is 0.305 e. The first-order valence-electron chi connectivity index (χ1n) is 6.42. The third-order valence-corrected chi connectivity index (χ3v) is 3.91. The Hall–Kier alpha value is -1.14. The van der Waals surface area contributed by atoms with E-state index in [1.807, 2.05) is 4.90 Å². The molecule has 2 fully saturated rings. The molecule has 0 radical (unpaired) electrons. The summed E-state index contributed by atoms with van der Waals surface area (Å²) < 4.78 is 5.37. The highest BCUT2D eigenvalue weighted by Gasteiger charge is 2.37. The van der Waals surface area contributed by atoms with Crippen LogP contribution >= 0.6 is 0 Å². The van der Waals surface area contributed by atoms with Gasteiger partial charge in [-0.3, -0.25) is 14.5 Å². The van der Waals surface area contributed by atoms with Crippen molar-refractivity contribution in [1.29, 1.82) is 0 Å². The van der Waals surface area contributed by atoms with E-state index >= 15 is 0 Å². The predicted octanol–water partition coefficient (Wildman–Crippen LogP) is -0.313. The molecule has 0 bridgehead atoms. The predicted molar refractivity (Wildman–Crippen MR) is 64.1 cm³/mol. The zero-order valence-electron chi connectivity index (χ0n) is 10.6. The Bertz CT molecular complexity index is 328. The van der Waals surface area contributed by atoms with Crippen molar-refractivity contribution in [2.45, 2.75) is 31.8 Å². The summed E-state index contributed by atoms with van der Waals surface area (Å²) in [6, 6.07) is -0.366.